The van der Waals surface area contributed by atoms with Gasteiger partial charge in [-0.15, -0.1) is 6.42 Å². The second kappa shape index (κ2) is 4.74. The third-order valence-corrected chi connectivity index (χ3v) is 4.64. The smallest absolute Gasteiger partial charge is 0.195 e. The maximum Gasteiger partial charge on any atom is 0.280 e. The van der Waals surface area contributed by atoms with Crippen LogP contribution in [0.2, 0.25) is 0 Å². The van der Waals surface area contributed by atoms with Gasteiger partial charge in [-0.05, 0) is 32.6 Å². The van der Waals surface area contributed by atoms with E-state index in [1.165, 1.54) is 4.31 Å². The van der Waals surface area contributed by atoms with E-state index in [4.69, 9.17) is 6.42 Å². The summed E-state index contributed by atoms with van der Waals surface area (Å²) < 4.78 is 28.0. The number of hydrogen-bond donors (Lipinski definition) is 1. The predicted octanol–water partition coefficient (Wildman–Crippen LogP) is 0.964. The molecule has 0 bridgehead atoms. The van der Waals surface area contributed by atoms with Gasteiger partial charge in [-0.2, -0.15) is 17.4 Å². The van der Waals surface area contributed by atoms with Gasteiger partial charge >= 0.3 is 0 Å². The summed E-state index contributed by atoms with van der Waals surface area (Å²) in [4.78, 5) is 0. The maximum absolute atomic E-state index is 12.0. The molecule has 0 amide bonds. The third kappa shape index (κ3) is 3.48. The predicted molar refractivity (Wildman–Crippen MR) is 64.9 cm³/mol. The Morgan fingerprint density at radius 2 is 1.88 bits per heavy atom. The van der Waals surface area contributed by atoms with E-state index in [9.17, 15) is 8.42 Å². The van der Waals surface area contributed by atoms with Gasteiger partial charge in [-0.25, -0.2) is 0 Å². The molecule has 0 aromatic rings. The molecule has 0 unspecified atom stereocenters. The molecule has 1 aliphatic heterocycles. The molecule has 0 aromatic heterocycles. The van der Waals surface area contributed by atoms with Gasteiger partial charge in [0.2, 0.25) is 0 Å². The van der Waals surface area contributed by atoms with Crippen molar-refractivity contribution in [2.45, 2.75) is 39.2 Å². The van der Waals surface area contributed by atoms with Crippen LogP contribution in [0.5, 0.6) is 0 Å². The van der Waals surface area contributed by atoms with Gasteiger partial charge in [0.25, 0.3) is 10.2 Å². The number of nitrogens with one attached hydrogen (secondary N) is 1. The Morgan fingerprint density at radius 3 is 2.31 bits per heavy atom. The van der Waals surface area contributed by atoms with Crippen molar-refractivity contribution in [3.05, 3.63) is 0 Å². The Hall–Kier alpha value is -0.570. The Morgan fingerprint density at radius 1 is 1.38 bits per heavy atom. The Balaban J connectivity index is 2.69. The van der Waals surface area contributed by atoms with E-state index in [-0.39, 0.29) is 0 Å². The van der Waals surface area contributed by atoms with E-state index < -0.39 is 15.7 Å². The molecule has 4 nitrogen and oxygen atoms in total. The first-order valence-electron chi connectivity index (χ1n) is 5.54. The molecule has 0 radical (unpaired) electrons. The largest absolute Gasteiger partial charge is 0.280 e. The molecule has 0 saturated carbocycles. The minimum atomic E-state index is -3.44. The number of rotatable bonds is 3. The molecule has 1 fully saturated rings. The van der Waals surface area contributed by atoms with Gasteiger partial charge in [-0.1, -0.05) is 12.8 Å². The highest BCUT2D eigenvalue weighted by Gasteiger charge is 2.30. The van der Waals surface area contributed by atoms with Crippen LogP contribution in [-0.4, -0.2) is 31.4 Å². The van der Waals surface area contributed by atoms with Crippen LogP contribution in [0.25, 0.3) is 0 Å². The van der Waals surface area contributed by atoms with Gasteiger partial charge in [0.05, 0.1) is 5.54 Å². The highest BCUT2D eigenvalue weighted by atomic mass is 32.2. The van der Waals surface area contributed by atoms with Gasteiger partial charge < -0.3 is 0 Å². The van der Waals surface area contributed by atoms with Gasteiger partial charge in [-0.3, -0.25) is 0 Å². The van der Waals surface area contributed by atoms with Crippen LogP contribution >= 0.6 is 0 Å². The fourth-order valence-electron chi connectivity index (χ4n) is 1.64. The number of piperidine rings is 1. The zero-order chi connectivity index (χ0) is 12.4. The zero-order valence-electron chi connectivity index (χ0n) is 10.2. The Labute approximate surface area is 98.6 Å². The van der Waals surface area contributed by atoms with Crippen molar-refractivity contribution in [1.82, 2.24) is 9.03 Å². The van der Waals surface area contributed by atoms with Crippen molar-refractivity contribution in [2.24, 2.45) is 5.92 Å². The summed E-state index contributed by atoms with van der Waals surface area (Å²) >= 11 is 0. The Bertz CT molecular complexity index is 373. The minimum absolute atomic E-state index is 0.581. The lowest BCUT2D eigenvalue weighted by atomic mass is 10.0. The molecule has 0 atom stereocenters. The second-order valence-electron chi connectivity index (χ2n) is 4.96. The molecule has 0 spiro atoms. The van der Waals surface area contributed by atoms with Crippen LogP contribution in [0, 0.1) is 18.3 Å². The second-order valence-corrected chi connectivity index (χ2v) is 6.63. The lowest BCUT2D eigenvalue weighted by Crippen LogP contribution is -2.51. The van der Waals surface area contributed by atoms with Gasteiger partial charge in [0, 0.05) is 13.1 Å². The molecule has 0 aromatic carbocycles. The standard InChI is InChI=1S/C11H20N2O2S/c1-5-11(3,4)12-16(14,15)13-8-6-10(2)7-9-13/h1,10,12H,6-9H2,2-4H3. The molecule has 1 heterocycles. The summed E-state index contributed by atoms with van der Waals surface area (Å²) in [5, 5.41) is 0. The summed E-state index contributed by atoms with van der Waals surface area (Å²) in [6, 6.07) is 0. The lowest BCUT2D eigenvalue weighted by Gasteiger charge is -2.31. The number of terminal acetylenes is 1. The molecule has 1 N–H and O–H groups in total. The quantitative estimate of drug-likeness (QED) is 0.752. The van der Waals surface area contributed by atoms with Crippen LogP contribution in [-0.2, 0) is 10.2 Å². The summed E-state index contributed by atoms with van der Waals surface area (Å²) in [6.45, 7) is 6.66. The molecular weight excluding hydrogens is 224 g/mol. The SMILES string of the molecule is C#CC(C)(C)NS(=O)(=O)N1CCC(C)CC1. The van der Waals surface area contributed by atoms with Crippen molar-refractivity contribution in [3.63, 3.8) is 0 Å². The van der Waals surface area contributed by atoms with E-state index in [0.29, 0.717) is 19.0 Å². The summed E-state index contributed by atoms with van der Waals surface area (Å²) in [6.07, 6.45) is 7.10. The molecule has 92 valence electrons. The van der Waals surface area contributed by atoms with Crippen LogP contribution in [0.3, 0.4) is 0 Å². The van der Waals surface area contributed by atoms with Gasteiger partial charge in [0.15, 0.2) is 0 Å². The van der Waals surface area contributed by atoms with Crippen LogP contribution in [0.1, 0.15) is 33.6 Å². The lowest BCUT2D eigenvalue weighted by molar-refractivity contribution is 0.282. The molecule has 5 heteroatoms. The number of nitrogens with zero attached hydrogens (tertiary/aromatic N) is 1. The van der Waals surface area contributed by atoms with E-state index in [0.717, 1.165) is 12.8 Å². The first kappa shape index (κ1) is 13.5. The summed E-state index contributed by atoms with van der Waals surface area (Å²) in [5.41, 5.74) is -0.831. The van der Waals surface area contributed by atoms with Crippen molar-refractivity contribution >= 4 is 10.2 Å². The molecule has 0 aliphatic carbocycles. The normalized spacial score (nSPS) is 20.6. The van der Waals surface area contributed by atoms with Crippen molar-refractivity contribution in [2.75, 3.05) is 13.1 Å². The molecule has 1 rings (SSSR count). The summed E-state index contributed by atoms with van der Waals surface area (Å²) in [7, 11) is -3.44. The monoisotopic (exact) mass is 244 g/mol. The Kier molecular flexibility index (Phi) is 4.00. The molecule has 1 saturated heterocycles. The highest BCUT2D eigenvalue weighted by molar-refractivity contribution is 7.87. The van der Waals surface area contributed by atoms with E-state index in [2.05, 4.69) is 17.6 Å². The first-order chi connectivity index (χ1) is 7.27. The maximum atomic E-state index is 12.0. The van der Waals surface area contributed by atoms with Crippen molar-refractivity contribution < 1.29 is 8.42 Å². The topological polar surface area (TPSA) is 49.4 Å². The fourth-order valence-corrected chi connectivity index (χ4v) is 3.17. The number of hydrogen-bond acceptors (Lipinski definition) is 2. The first-order valence-corrected chi connectivity index (χ1v) is 6.98. The third-order valence-electron chi connectivity index (χ3n) is 2.83. The van der Waals surface area contributed by atoms with E-state index in [1.54, 1.807) is 13.8 Å². The van der Waals surface area contributed by atoms with Crippen molar-refractivity contribution in [3.8, 4) is 12.3 Å². The van der Waals surface area contributed by atoms with Crippen LogP contribution < -0.4 is 4.72 Å². The van der Waals surface area contributed by atoms with Crippen LogP contribution in [0.4, 0.5) is 0 Å². The fraction of sp³-hybridized carbons (Fsp3) is 0.818. The highest BCUT2D eigenvalue weighted by Crippen LogP contribution is 2.18. The van der Waals surface area contributed by atoms with Gasteiger partial charge in [0.1, 0.15) is 0 Å². The average molecular weight is 244 g/mol. The van der Waals surface area contributed by atoms with Crippen molar-refractivity contribution in [1.29, 1.82) is 0 Å². The van der Waals surface area contributed by atoms with E-state index in [1.807, 2.05) is 0 Å². The average Bonchev–Trinajstić information content (AvgIpc) is 2.17. The molecule has 16 heavy (non-hydrogen) atoms. The minimum Gasteiger partial charge on any atom is -0.195 e. The zero-order valence-corrected chi connectivity index (χ0v) is 11.0. The van der Waals surface area contributed by atoms with E-state index >= 15 is 0 Å². The molecular formula is C11H20N2O2S. The molecule has 1 aliphatic rings. The summed E-state index contributed by atoms with van der Waals surface area (Å²) in [5.74, 6) is 3.03. The van der Waals surface area contributed by atoms with Crippen LogP contribution in [0.15, 0.2) is 0 Å².